The minimum Gasteiger partial charge on any atom is -0.357 e. The van der Waals surface area contributed by atoms with E-state index in [-0.39, 0.29) is 17.8 Å². The van der Waals surface area contributed by atoms with E-state index >= 15 is 0 Å². The van der Waals surface area contributed by atoms with Crippen LogP contribution in [0.25, 0.3) is 0 Å². The van der Waals surface area contributed by atoms with E-state index in [0.717, 1.165) is 17.7 Å². The van der Waals surface area contributed by atoms with Gasteiger partial charge < -0.3 is 10.3 Å². The Morgan fingerprint density at radius 1 is 1.37 bits per heavy atom. The van der Waals surface area contributed by atoms with E-state index in [1.165, 1.54) is 17.8 Å². The number of thioether (sulfide) groups is 1. The molecule has 0 bridgehead atoms. The lowest BCUT2D eigenvalue weighted by molar-refractivity contribution is 0.0930. The molecule has 1 aliphatic rings. The second kappa shape index (κ2) is 5.09. The van der Waals surface area contributed by atoms with Gasteiger partial charge in [-0.05, 0) is 30.2 Å². The molecule has 1 atom stereocenters. The van der Waals surface area contributed by atoms with Crippen LogP contribution in [0.15, 0.2) is 41.4 Å². The summed E-state index contributed by atoms with van der Waals surface area (Å²) in [5.74, 6) is 0.447. The fourth-order valence-electron chi connectivity index (χ4n) is 2.24. The second-order valence-corrected chi connectivity index (χ2v) is 5.51. The van der Waals surface area contributed by atoms with Crippen molar-refractivity contribution in [2.24, 2.45) is 0 Å². The summed E-state index contributed by atoms with van der Waals surface area (Å²) in [7, 11) is 0. The molecule has 2 aromatic rings. The number of aromatic nitrogens is 1. The summed E-state index contributed by atoms with van der Waals surface area (Å²) in [6.07, 6.45) is 2.52. The average molecular weight is 276 g/mol. The Morgan fingerprint density at radius 2 is 2.26 bits per heavy atom. The van der Waals surface area contributed by atoms with E-state index in [9.17, 15) is 9.18 Å². The minimum absolute atomic E-state index is 0.122. The Balaban J connectivity index is 1.84. The highest BCUT2D eigenvalue weighted by Gasteiger charge is 2.24. The van der Waals surface area contributed by atoms with Gasteiger partial charge in [-0.1, -0.05) is 12.1 Å². The zero-order chi connectivity index (χ0) is 13.2. The molecule has 0 aliphatic carbocycles. The van der Waals surface area contributed by atoms with Gasteiger partial charge in [0, 0.05) is 16.8 Å². The summed E-state index contributed by atoms with van der Waals surface area (Å²) in [4.78, 5) is 15.6. The summed E-state index contributed by atoms with van der Waals surface area (Å²) in [6, 6.07) is 8.40. The van der Waals surface area contributed by atoms with E-state index in [1.807, 2.05) is 6.07 Å². The highest BCUT2D eigenvalue weighted by atomic mass is 32.2. The van der Waals surface area contributed by atoms with Crippen molar-refractivity contribution in [1.29, 1.82) is 0 Å². The quantitative estimate of drug-likeness (QED) is 0.885. The molecule has 0 spiro atoms. The molecule has 3 rings (SSSR count). The van der Waals surface area contributed by atoms with Gasteiger partial charge in [0.2, 0.25) is 0 Å². The highest BCUT2D eigenvalue weighted by molar-refractivity contribution is 7.99. The van der Waals surface area contributed by atoms with Gasteiger partial charge in [-0.2, -0.15) is 0 Å². The van der Waals surface area contributed by atoms with E-state index in [4.69, 9.17) is 0 Å². The van der Waals surface area contributed by atoms with Crippen LogP contribution in [0.5, 0.6) is 0 Å². The van der Waals surface area contributed by atoms with Crippen molar-refractivity contribution >= 4 is 17.7 Å². The van der Waals surface area contributed by atoms with Crippen LogP contribution in [-0.2, 0) is 0 Å². The van der Waals surface area contributed by atoms with Crippen molar-refractivity contribution < 1.29 is 9.18 Å². The molecule has 1 amide bonds. The largest absolute Gasteiger partial charge is 0.357 e. The van der Waals surface area contributed by atoms with Crippen molar-refractivity contribution in [2.45, 2.75) is 17.4 Å². The number of amides is 1. The second-order valence-electron chi connectivity index (χ2n) is 4.41. The van der Waals surface area contributed by atoms with Crippen molar-refractivity contribution in [1.82, 2.24) is 10.3 Å². The Hall–Kier alpha value is -1.75. The molecule has 0 radical (unpaired) electrons. The molecule has 0 saturated carbocycles. The van der Waals surface area contributed by atoms with E-state index < -0.39 is 0 Å². The molecule has 0 fully saturated rings. The van der Waals surface area contributed by atoms with Gasteiger partial charge in [-0.3, -0.25) is 4.79 Å². The fourth-order valence-corrected chi connectivity index (χ4v) is 3.38. The minimum atomic E-state index is -0.207. The fraction of sp³-hybridized carbons (Fsp3) is 0.214. The monoisotopic (exact) mass is 276 g/mol. The normalized spacial score (nSPS) is 17.8. The summed E-state index contributed by atoms with van der Waals surface area (Å²) in [6.45, 7) is 0. The Morgan fingerprint density at radius 3 is 3.05 bits per heavy atom. The first-order chi connectivity index (χ1) is 9.25. The lowest BCUT2D eigenvalue weighted by atomic mass is 10.0. The summed E-state index contributed by atoms with van der Waals surface area (Å²) in [5.41, 5.74) is 1.40. The van der Waals surface area contributed by atoms with Crippen molar-refractivity contribution in [2.75, 3.05) is 5.75 Å². The molecule has 0 saturated heterocycles. The van der Waals surface area contributed by atoms with Gasteiger partial charge in [0.1, 0.15) is 11.5 Å². The predicted octanol–water partition coefficient (Wildman–Crippen LogP) is 3.12. The molecule has 1 aromatic heterocycles. The molecule has 1 aromatic carbocycles. The third-order valence-electron chi connectivity index (χ3n) is 3.17. The number of hydrogen-bond donors (Lipinski definition) is 2. The maximum absolute atomic E-state index is 13.7. The van der Waals surface area contributed by atoms with Gasteiger partial charge >= 0.3 is 0 Å². The van der Waals surface area contributed by atoms with Crippen LogP contribution in [0.2, 0.25) is 0 Å². The van der Waals surface area contributed by atoms with E-state index in [0.29, 0.717) is 10.6 Å². The molecule has 5 heteroatoms. The number of nitrogens with one attached hydrogen (secondary N) is 2. The van der Waals surface area contributed by atoms with Gasteiger partial charge in [-0.15, -0.1) is 11.8 Å². The number of hydrogen-bond acceptors (Lipinski definition) is 2. The molecule has 98 valence electrons. The molecule has 3 nitrogen and oxygen atoms in total. The predicted molar refractivity (Wildman–Crippen MR) is 72.7 cm³/mol. The summed E-state index contributed by atoms with van der Waals surface area (Å²) >= 11 is 1.51. The lowest BCUT2D eigenvalue weighted by Crippen LogP contribution is -2.31. The Bertz CT molecular complexity index is 597. The van der Waals surface area contributed by atoms with Crippen molar-refractivity contribution in [3.8, 4) is 0 Å². The van der Waals surface area contributed by atoms with Gasteiger partial charge in [0.05, 0.1) is 6.04 Å². The maximum atomic E-state index is 13.7. The van der Waals surface area contributed by atoms with Crippen LogP contribution in [-0.4, -0.2) is 16.6 Å². The number of rotatable bonds is 2. The Kier molecular flexibility index (Phi) is 3.29. The number of fused-ring (bicyclic) bond motifs is 1. The SMILES string of the molecule is O=C(N[C@@H]1CCSc2c(F)cccc21)c1ccc[nH]1. The van der Waals surface area contributed by atoms with Crippen LogP contribution < -0.4 is 5.32 Å². The number of benzene rings is 1. The van der Waals surface area contributed by atoms with Gasteiger partial charge in [0.15, 0.2) is 0 Å². The zero-order valence-corrected chi connectivity index (χ0v) is 11.0. The molecular weight excluding hydrogens is 263 g/mol. The van der Waals surface area contributed by atoms with Gasteiger partial charge in [0.25, 0.3) is 5.91 Å². The first kappa shape index (κ1) is 12.3. The highest BCUT2D eigenvalue weighted by Crippen LogP contribution is 2.37. The van der Waals surface area contributed by atoms with Crippen LogP contribution in [0.3, 0.4) is 0 Å². The van der Waals surface area contributed by atoms with Crippen LogP contribution >= 0.6 is 11.8 Å². The number of carbonyl (C=O) groups excluding carboxylic acids is 1. The van der Waals surface area contributed by atoms with E-state index in [1.54, 1.807) is 24.4 Å². The molecule has 0 unspecified atom stereocenters. The third-order valence-corrected chi connectivity index (χ3v) is 4.33. The molecule has 2 N–H and O–H groups in total. The number of H-pyrrole nitrogens is 1. The zero-order valence-electron chi connectivity index (χ0n) is 10.2. The molecule has 2 heterocycles. The van der Waals surface area contributed by atoms with Crippen molar-refractivity contribution in [3.63, 3.8) is 0 Å². The average Bonchev–Trinajstić information content (AvgIpc) is 2.94. The molecule has 19 heavy (non-hydrogen) atoms. The third kappa shape index (κ3) is 2.38. The Labute approximate surface area is 114 Å². The topological polar surface area (TPSA) is 44.9 Å². The van der Waals surface area contributed by atoms with Crippen LogP contribution in [0, 0.1) is 5.82 Å². The first-order valence-corrected chi connectivity index (χ1v) is 7.10. The van der Waals surface area contributed by atoms with Gasteiger partial charge in [-0.25, -0.2) is 4.39 Å². The summed E-state index contributed by atoms with van der Waals surface area (Å²) in [5, 5.41) is 2.95. The summed E-state index contributed by atoms with van der Waals surface area (Å²) < 4.78 is 13.7. The van der Waals surface area contributed by atoms with Crippen LogP contribution in [0.1, 0.15) is 28.5 Å². The number of aromatic amines is 1. The van der Waals surface area contributed by atoms with Crippen molar-refractivity contribution in [3.05, 3.63) is 53.6 Å². The lowest BCUT2D eigenvalue weighted by Gasteiger charge is -2.26. The van der Waals surface area contributed by atoms with E-state index in [2.05, 4.69) is 10.3 Å². The van der Waals surface area contributed by atoms with Crippen LogP contribution in [0.4, 0.5) is 4.39 Å². The number of halogens is 1. The standard InChI is InChI=1S/C14H13FN2OS/c15-10-4-1-3-9-11(6-8-19-13(9)10)17-14(18)12-5-2-7-16-12/h1-5,7,11,16H,6,8H2,(H,17,18)/t11-/m1/s1. The first-order valence-electron chi connectivity index (χ1n) is 6.11. The molecule has 1 aliphatic heterocycles. The number of carbonyl (C=O) groups is 1. The smallest absolute Gasteiger partial charge is 0.268 e. The maximum Gasteiger partial charge on any atom is 0.268 e. The molecular formula is C14H13FN2OS.